The summed E-state index contributed by atoms with van der Waals surface area (Å²) in [7, 11) is 1.24. The lowest BCUT2D eigenvalue weighted by Crippen LogP contribution is -2.27. The highest BCUT2D eigenvalue weighted by molar-refractivity contribution is 5.91. The molecular formula is C13H18N2O5. The molecule has 0 fully saturated rings. The van der Waals surface area contributed by atoms with Gasteiger partial charge in [0.25, 0.3) is 5.69 Å². The van der Waals surface area contributed by atoms with E-state index in [-0.39, 0.29) is 23.5 Å². The zero-order valence-electron chi connectivity index (χ0n) is 11.7. The number of nitrogens with zero attached hydrogens (tertiary/aromatic N) is 1. The molecule has 1 aromatic carbocycles. The molecule has 0 unspecified atom stereocenters. The van der Waals surface area contributed by atoms with E-state index >= 15 is 0 Å². The van der Waals surface area contributed by atoms with Crippen LogP contribution in [0.2, 0.25) is 0 Å². The van der Waals surface area contributed by atoms with Gasteiger partial charge in [0.05, 0.1) is 17.6 Å². The second kappa shape index (κ2) is 6.33. The summed E-state index contributed by atoms with van der Waals surface area (Å²) in [5.41, 5.74) is -0.122. The molecule has 0 aliphatic heterocycles. The van der Waals surface area contributed by atoms with Gasteiger partial charge in [-0.25, -0.2) is 4.79 Å². The predicted molar refractivity (Wildman–Crippen MR) is 73.8 cm³/mol. The first kappa shape index (κ1) is 15.9. The van der Waals surface area contributed by atoms with Gasteiger partial charge in [0.1, 0.15) is 5.69 Å². The average Bonchev–Trinajstić information content (AvgIpc) is 2.43. The van der Waals surface area contributed by atoms with Crippen molar-refractivity contribution in [1.29, 1.82) is 0 Å². The van der Waals surface area contributed by atoms with Crippen molar-refractivity contribution in [2.75, 3.05) is 25.6 Å². The molecule has 7 heteroatoms. The quantitative estimate of drug-likeness (QED) is 0.468. The molecule has 0 heterocycles. The highest BCUT2D eigenvalue weighted by atomic mass is 16.6. The zero-order chi connectivity index (χ0) is 15.3. The Balaban J connectivity index is 3.06. The lowest BCUT2D eigenvalue weighted by Gasteiger charge is -2.22. The van der Waals surface area contributed by atoms with E-state index in [2.05, 4.69) is 10.1 Å². The number of aliphatic hydroxyl groups is 1. The van der Waals surface area contributed by atoms with Gasteiger partial charge in [-0.2, -0.15) is 0 Å². The minimum absolute atomic E-state index is 0.0650. The van der Waals surface area contributed by atoms with Crippen molar-refractivity contribution in [2.45, 2.75) is 13.8 Å². The van der Waals surface area contributed by atoms with Crippen LogP contribution in [-0.4, -0.2) is 36.3 Å². The summed E-state index contributed by atoms with van der Waals surface area (Å²) in [6, 6.07) is 3.96. The molecule has 0 radical (unpaired) electrons. The van der Waals surface area contributed by atoms with E-state index in [4.69, 9.17) is 0 Å². The number of rotatable bonds is 6. The molecule has 0 aliphatic rings. The Kier molecular flexibility index (Phi) is 5.04. The van der Waals surface area contributed by atoms with Crippen LogP contribution in [0, 0.1) is 15.5 Å². The van der Waals surface area contributed by atoms with Crippen molar-refractivity contribution in [3.63, 3.8) is 0 Å². The van der Waals surface area contributed by atoms with Gasteiger partial charge < -0.3 is 15.2 Å². The Labute approximate surface area is 116 Å². The third-order valence-electron chi connectivity index (χ3n) is 2.80. The Bertz CT molecular complexity index is 513. The highest BCUT2D eigenvalue weighted by Crippen LogP contribution is 2.27. The molecular weight excluding hydrogens is 264 g/mol. The molecule has 1 aromatic rings. The summed E-state index contributed by atoms with van der Waals surface area (Å²) in [5, 5.41) is 23.0. The smallest absolute Gasteiger partial charge is 0.337 e. The SMILES string of the molecule is COC(=O)c1ccc([N+](=O)[O-])c(NCC(C)(C)CO)c1. The van der Waals surface area contributed by atoms with Gasteiger partial charge in [-0.3, -0.25) is 10.1 Å². The number of carbonyl (C=O) groups is 1. The summed E-state index contributed by atoms with van der Waals surface area (Å²) in [5.74, 6) is -0.565. The van der Waals surface area contributed by atoms with Crippen LogP contribution < -0.4 is 5.32 Å². The Hall–Kier alpha value is -2.15. The van der Waals surface area contributed by atoms with Crippen LogP contribution in [-0.2, 0) is 4.74 Å². The maximum Gasteiger partial charge on any atom is 0.337 e. The number of carbonyl (C=O) groups excluding carboxylic acids is 1. The number of methoxy groups -OCH3 is 1. The Morgan fingerprint density at radius 2 is 2.15 bits per heavy atom. The molecule has 20 heavy (non-hydrogen) atoms. The number of anilines is 1. The Morgan fingerprint density at radius 3 is 2.65 bits per heavy atom. The predicted octanol–water partition coefficient (Wildman–Crippen LogP) is 1.81. The van der Waals surface area contributed by atoms with Crippen LogP contribution in [0.3, 0.4) is 0 Å². The van der Waals surface area contributed by atoms with E-state index in [1.165, 1.54) is 25.3 Å². The number of nitrogens with one attached hydrogen (secondary N) is 1. The van der Waals surface area contributed by atoms with Crippen LogP contribution in [0.25, 0.3) is 0 Å². The zero-order valence-corrected chi connectivity index (χ0v) is 11.7. The fraction of sp³-hybridized carbons (Fsp3) is 0.462. The number of benzene rings is 1. The van der Waals surface area contributed by atoms with Gasteiger partial charge in [-0.05, 0) is 12.1 Å². The molecule has 0 saturated carbocycles. The number of hydrogen-bond donors (Lipinski definition) is 2. The van der Waals surface area contributed by atoms with Crippen molar-refractivity contribution in [1.82, 2.24) is 0 Å². The second-order valence-electron chi connectivity index (χ2n) is 5.16. The third kappa shape index (κ3) is 3.92. The molecule has 7 nitrogen and oxygen atoms in total. The van der Waals surface area contributed by atoms with Gasteiger partial charge in [0, 0.05) is 24.6 Å². The fourth-order valence-electron chi connectivity index (χ4n) is 1.47. The number of esters is 1. The minimum atomic E-state index is -0.565. The number of nitro groups is 1. The first-order valence-electron chi connectivity index (χ1n) is 6.02. The molecule has 110 valence electrons. The standard InChI is InChI=1S/C13H18N2O5/c1-13(2,8-16)7-14-10-6-9(12(17)20-3)4-5-11(10)15(18)19/h4-6,14,16H,7-8H2,1-3H3. The van der Waals surface area contributed by atoms with Gasteiger partial charge in [0.2, 0.25) is 0 Å². The second-order valence-corrected chi connectivity index (χ2v) is 5.16. The van der Waals surface area contributed by atoms with Gasteiger partial charge >= 0.3 is 5.97 Å². The fourth-order valence-corrected chi connectivity index (χ4v) is 1.47. The summed E-state index contributed by atoms with van der Waals surface area (Å²) in [6.45, 7) is 3.89. The summed E-state index contributed by atoms with van der Waals surface area (Å²) in [4.78, 5) is 21.9. The van der Waals surface area contributed by atoms with E-state index in [1.807, 2.05) is 13.8 Å². The molecule has 0 aliphatic carbocycles. The third-order valence-corrected chi connectivity index (χ3v) is 2.80. The van der Waals surface area contributed by atoms with Gasteiger partial charge in [0.15, 0.2) is 0 Å². The minimum Gasteiger partial charge on any atom is -0.465 e. The number of nitro benzene ring substituents is 1. The molecule has 0 bridgehead atoms. The maximum atomic E-state index is 11.4. The summed E-state index contributed by atoms with van der Waals surface area (Å²) < 4.78 is 4.58. The average molecular weight is 282 g/mol. The first-order valence-corrected chi connectivity index (χ1v) is 6.02. The van der Waals surface area contributed by atoms with Crippen LogP contribution in [0.1, 0.15) is 24.2 Å². The van der Waals surface area contributed by atoms with Crippen LogP contribution in [0.5, 0.6) is 0 Å². The van der Waals surface area contributed by atoms with E-state index in [0.717, 1.165) is 0 Å². The topological polar surface area (TPSA) is 102 Å². The molecule has 1 rings (SSSR count). The van der Waals surface area contributed by atoms with Crippen molar-refractivity contribution >= 4 is 17.3 Å². The van der Waals surface area contributed by atoms with E-state index in [1.54, 1.807) is 0 Å². The lowest BCUT2D eigenvalue weighted by atomic mass is 9.95. The van der Waals surface area contributed by atoms with E-state index in [0.29, 0.717) is 6.54 Å². The summed E-state index contributed by atoms with van der Waals surface area (Å²) in [6.07, 6.45) is 0. The first-order chi connectivity index (χ1) is 9.30. The van der Waals surface area contributed by atoms with Crippen LogP contribution >= 0.6 is 0 Å². The number of aliphatic hydroxyl groups excluding tert-OH is 1. The Morgan fingerprint density at radius 1 is 1.50 bits per heavy atom. The van der Waals surface area contributed by atoms with Gasteiger partial charge in [-0.15, -0.1) is 0 Å². The highest BCUT2D eigenvalue weighted by Gasteiger charge is 2.21. The molecule has 0 spiro atoms. The normalized spacial score (nSPS) is 11.0. The van der Waals surface area contributed by atoms with Crippen molar-refractivity contribution < 1.29 is 19.6 Å². The van der Waals surface area contributed by atoms with E-state index in [9.17, 15) is 20.0 Å². The van der Waals surface area contributed by atoms with E-state index < -0.39 is 16.3 Å². The van der Waals surface area contributed by atoms with Crippen LogP contribution in [0.4, 0.5) is 11.4 Å². The van der Waals surface area contributed by atoms with Crippen molar-refractivity contribution in [3.05, 3.63) is 33.9 Å². The van der Waals surface area contributed by atoms with Gasteiger partial charge in [-0.1, -0.05) is 13.8 Å². The monoisotopic (exact) mass is 282 g/mol. The maximum absolute atomic E-state index is 11.4. The molecule has 0 aromatic heterocycles. The molecule has 0 saturated heterocycles. The van der Waals surface area contributed by atoms with Crippen molar-refractivity contribution in [2.24, 2.45) is 5.41 Å². The molecule has 0 amide bonds. The largest absolute Gasteiger partial charge is 0.465 e. The summed E-state index contributed by atoms with van der Waals surface area (Å²) >= 11 is 0. The van der Waals surface area contributed by atoms with Crippen LogP contribution in [0.15, 0.2) is 18.2 Å². The number of hydrogen-bond acceptors (Lipinski definition) is 6. The molecule has 2 N–H and O–H groups in total. The van der Waals surface area contributed by atoms with Crippen molar-refractivity contribution in [3.8, 4) is 0 Å². The lowest BCUT2D eigenvalue weighted by molar-refractivity contribution is -0.384. The molecule has 0 atom stereocenters. The number of ether oxygens (including phenoxy) is 1.